The van der Waals surface area contributed by atoms with Gasteiger partial charge in [-0.3, -0.25) is 10.1 Å². The highest BCUT2D eigenvalue weighted by Crippen LogP contribution is 2.26. The molecule has 0 amide bonds. The summed E-state index contributed by atoms with van der Waals surface area (Å²) < 4.78 is 5.52. The minimum atomic E-state index is -0.410. The highest BCUT2D eigenvalue weighted by molar-refractivity contribution is 5.90. The standard InChI is InChI=1S/C14H16N4O3/c1-9-6-10(4-5-21-9)17-14-12-7-11(18(19)20)2-3-13(12)15-8-16-14/h2-3,7-10H,4-6H2,1H3,(H,15,16,17). The van der Waals surface area contributed by atoms with Crippen molar-refractivity contribution in [1.29, 1.82) is 0 Å². The largest absolute Gasteiger partial charge is 0.378 e. The number of nitrogens with zero attached hydrogens (tertiary/aromatic N) is 3. The van der Waals surface area contributed by atoms with E-state index in [2.05, 4.69) is 15.3 Å². The summed E-state index contributed by atoms with van der Waals surface area (Å²) in [5, 5.41) is 15.0. The maximum absolute atomic E-state index is 10.9. The van der Waals surface area contributed by atoms with Crippen molar-refractivity contribution in [2.75, 3.05) is 11.9 Å². The SMILES string of the molecule is CC1CC(Nc2ncnc3ccc([N+](=O)[O-])cc23)CCO1. The molecule has 1 aliphatic rings. The van der Waals surface area contributed by atoms with E-state index in [1.165, 1.54) is 18.5 Å². The Morgan fingerprint density at radius 2 is 2.29 bits per heavy atom. The van der Waals surface area contributed by atoms with Crippen LogP contribution in [0, 0.1) is 10.1 Å². The molecule has 3 rings (SSSR count). The van der Waals surface area contributed by atoms with E-state index in [1.807, 2.05) is 6.92 Å². The number of ether oxygens (including phenoxy) is 1. The van der Waals surface area contributed by atoms with Crippen molar-refractivity contribution in [3.8, 4) is 0 Å². The van der Waals surface area contributed by atoms with Crippen LogP contribution in [0.15, 0.2) is 24.5 Å². The molecule has 0 radical (unpaired) electrons. The Hall–Kier alpha value is -2.28. The average molecular weight is 288 g/mol. The van der Waals surface area contributed by atoms with Gasteiger partial charge in [0.05, 0.1) is 16.5 Å². The Balaban J connectivity index is 1.93. The van der Waals surface area contributed by atoms with E-state index in [0.29, 0.717) is 23.3 Å². The summed E-state index contributed by atoms with van der Waals surface area (Å²) in [6.45, 7) is 2.75. The van der Waals surface area contributed by atoms with Crippen molar-refractivity contribution in [3.63, 3.8) is 0 Å². The molecule has 1 aromatic carbocycles. The number of non-ortho nitro benzene ring substituents is 1. The van der Waals surface area contributed by atoms with E-state index >= 15 is 0 Å². The van der Waals surface area contributed by atoms with Crippen LogP contribution in [-0.2, 0) is 4.74 Å². The van der Waals surface area contributed by atoms with Gasteiger partial charge in [0.15, 0.2) is 0 Å². The second kappa shape index (κ2) is 5.61. The van der Waals surface area contributed by atoms with Crippen LogP contribution in [0.3, 0.4) is 0 Å². The van der Waals surface area contributed by atoms with Crippen LogP contribution >= 0.6 is 0 Å². The quantitative estimate of drug-likeness (QED) is 0.689. The fraction of sp³-hybridized carbons (Fsp3) is 0.429. The highest BCUT2D eigenvalue weighted by atomic mass is 16.6. The predicted molar refractivity (Wildman–Crippen MR) is 78.3 cm³/mol. The minimum absolute atomic E-state index is 0.0423. The van der Waals surface area contributed by atoms with Crippen molar-refractivity contribution in [3.05, 3.63) is 34.6 Å². The molecule has 2 atom stereocenters. The van der Waals surface area contributed by atoms with Crippen LogP contribution in [-0.4, -0.2) is 33.6 Å². The number of rotatable bonds is 3. The monoisotopic (exact) mass is 288 g/mol. The van der Waals surface area contributed by atoms with Gasteiger partial charge in [-0.25, -0.2) is 9.97 Å². The number of anilines is 1. The molecule has 21 heavy (non-hydrogen) atoms. The molecule has 1 aliphatic heterocycles. The minimum Gasteiger partial charge on any atom is -0.378 e. The average Bonchev–Trinajstić information content (AvgIpc) is 2.47. The molecule has 7 heteroatoms. The summed E-state index contributed by atoms with van der Waals surface area (Å²) in [7, 11) is 0. The third-order valence-corrected chi connectivity index (χ3v) is 3.66. The van der Waals surface area contributed by atoms with Gasteiger partial charge >= 0.3 is 0 Å². The molecule has 2 heterocycles. The Morgan fingerprint density at radius 1 is 1.43 bits per heavy atom. The maximum Gasteiger partial charge on any atom is 0.270 e. The zero-order valence-corrected chi connectivity index (χ0v) is 11.7. The molecule has 7 nitrogen and oxygen atoms in total. The van der Waals surface area contributed by atoms with Gasteiger partial charge in [-0.1, -0.05) is 0 Å². The van der Waals surface area contributed by atoms with Gasteiger partial charge in [0.2, 0.25) is 0 Å². The third kappa shape index (κ3) is 2.92. The van der Waals surface area contributed by atoms with Crippen molar-refractivity contribution in [2.45, 2.75) is 31.9 Å². The molecule has 1 fully saturated rings. The first-order chi connectivity index (χ1) is 10.1. The lowest BCUT2D eigenvalue weighted by atomic mass is 10.0. The lowest BCUT2D eigenvalue weighted by molar-refractivity contribution is -0.384. The number of fused-ring (bicyclic) bond motifs is 1. The van der Waals surface area contributed by atoms with Crippen LogP contribution in [0.4, 0.5) is 11.5 Å². The normalized spacial score (nSPS) is 22.1. The van der Waals surface area contributed by atoms with E-state index in [0.717, 1.165) is 12.8 Å². The summed E-state index contributed by atoms with van der Waals surface area (Å²) in [5.74, 6) is 0.641. The van der Waals surface area contributed by atoms with Gasteiger partial charge in [0, 0.05) is 30.2 Å². The molecular weight excluding hydrogens is 272 g/mol. The molecule has 1 aromatic heterocycles. The zero-order valence-electron chi connectivity index (χ0n) is 11.7. The molecule has 1 saturated heterocycles. The Kier molecular flexibility index (Phi) is 3.66. The molecule has 0 aliphatic carbocycles. The Bertz CT molecular complexity index is 676. The second-order valence-electron chi connectivity index (χ2n) is 5.23. The van der Waals surface area contributed by atoms with Crippen molar-refractivity contribution >= 4 is 22.4 Å². The summed E-state index contributed by atoms with van der Waals surface area (Å²) in [6, 6.07) is 4.87. The van der Waals surface area contributed by atoms with E-state index in [9.17, 15) is 10.1 Å². The summed E-state index contributed by atoms with van der Waals surface area (Å²) in [6.07, 6.45) is 3.46. The fourth-order valence-electron chi connectivity index (χ4n) is 2.60. The Labute approximate surface area is 121 Å². The van der Waals surface area contributed by atoms with E-state index in [-0.39, 0.29) is 17.8 Å². The zero-order chi connectivity index (χ0) is 14.8. The lowest BCUT2D eigenvalue weighted by Crippen LogP contribution is -2.32. The topological polar surface area (TPSA) is 90.2 Å². The number of hydrogen-bond donors (Lipinski definition) is 1. The van der Waals surface area contributed by atoms with Crippen molar-refractivity contribution < 1.29 is 9.66 Å². The molecule has 110 valence electrons. The number of nitro groups is 1. The number of aromatic nitrogens is 2. The third-order valence-electron chi connectivity index (χ3n) is 3.66. The molecule has 2 unspecified atom stereocenters. The molecule has 0 saturated carbocycles. The van der Waals surface area contributed by atoms with E-state index in [1.54, 1.807) is 6.07 Å². The first-order valence-electron chi connectivity index (χ1n) is 6.91. The van der Waals surface area contributed by atoms with Crippen LogP contribution in [0.25, 0.3) is 10.9 Å². The van der Waals surface area contributed by atoms with Crippen LogP contribution in [0.5, 0.6) is 0 Å². The summed E-state index contributed by atoms with van der Waals surface area (Å²) in [4.78, 5) is 18.9. The molecule has 0 spiro atoms. The number of hydrogen-bond acceptors (Lipinski definition) is 6. The first kappa shape index (κ1) is 13.7. The number of nitrogens with one attached hydrogen (secondary N) is 1. The van der Waals surface area contributed by atoms with Gasteiger partial charge in [-0.15, -0.1) is 0 Å². The van der Waals surface area contributed by atoms with Gasteiger partial charge in [-0.05, 0) is 25.8 Å². The maximum atomic E-state index is 10.9. The predicted octanol–water partition coefficient (Wildman–Crippen LogP) is 2.52. The second-order valence-corrected chi connectivity index (χ2v) is 5.23. The van der Waals surface area contributed by atoms with E-state index in [4.69, 9.17) is 4.74 Å². The van der Waals surface area contributed by atoms with Crippen molar-refractivity contribution in [1.82, 2.24) is 9.97 Å². The number of nitro benzene ring substituents is 1. The summed E-state index contributed by atoms with van der Waals surface area (Å²) in [5.41, 5.74) is 0.735. The smallest absolute Gasteiger partial charge is 0.270 e. The first-order valence-corrected chi connectivity index (χ1v) is 6.91. The Morgan fingerprint density at radius 3 is 3.05 bits per heavy atom. The van der Waals surface area contributed by atoms with Crippen molar-refractivity contribution in [2.24, 2.45) is 0 Å². The van der Waals surface area contributed by atoms with Gasteiger partial charge in [-0.2, -0.15) is 0 Å². The number of benzene rings is 1. The highest BCUT2D eigenvalue weighted by Gasteiger charge is 2.20. The van der Waals surface area contributed by atoms with Crippen LogP contribution in [0.1, 0.15) is 19.8 Å². The molecule has 2 aromatic rings. The van der Waals surface area contributed by atoms with Gasteiger partial charge in [0.25, 0.3) is 5.69 Å². The molecule has 0 bridgehead atoms. The van der Waals surface area contributed by atoms with Gasteiger partial charge < -0.3 is 10.1 Å². The lowest BCUT2D eigenvalue weighted by Gasteiger charge is -2.28. The fourth-order valence-corrected chi connectivity index (χ4v) is 2.60. The van der Waals surface area contributed by atoms with Crippen LogP contribution < -0.4 is 5.32 Å². The summed E-state index contributed by atoms with van der Waals surface area (Å²) >= 11 is 0. The van der Waals surface area contributed by atoms with Crippen LogP contribution in [0.2, 0.25) is 0 Å². The molecule has 1 N–H and O–H groups in total. The van der Waals surface area contributed by atoms with Gasteiger partial charge in [0.1, 0.15) is 12.1 Å². The molecular formula is C14H16N4O3. The van der Waals surface area contributed by atoms with E-state index < -0.39 is 4.92 Å².